The molecule has 0 aromatic rings. The highest BCUT2D eigenvalue weighted by Crippen LogP contribution is 2.36. The standard InChI is InChI=1S/C11H23NO2Si/c1-11(2,3)9-6-10(8-13)12(7-9)14-15(4)5/h8-10,15H,6-7H2,1-5H3. The summed E-state index contributed by atoms with van der Waals surface area (Å²) in [5.41, 5.74) is 0.262. The first-order chi connectivity index (χ1) is 6.84. The van der Waals surface area contributed by atoms with Crippen LogP contribution < -0.4 is 0 Å². The molecule has 0 aromatic heterocycles. The van der Waals surface area contributed by atoms with Gasteiger partial charge in [0.25, 0.3) is 0 Å². The monoisotopic (exact) mass is 229 g/mol. The lowest BCUT2D eigenvalue weighted by atomic mass is 9.79. The van der Waals surface area contributed by atoms with Crippen molar-refractivity contribution in [3.05, 3.63) is 0 Å². The highest BCUT2D eigenvalue weighted by molar-refractivity contribution is 6.48. The Morgan fingerprint density at radius 2 is 2.00 bits per heavy atom. The van der Waals surface area contributed by atoms with Gasteiger partial charge < -0.3 is 9.32 Å². The molecule has 0 radical (unpaired) electrons. The Bertz CT molecular complexity index is 225. The summed E-state index contributed by atoms with van der Waals surface area (Å²) < 4.78 is 5.78. The molecule has 0 N–H and O–H groups in total. The predicted octanol–water partition coefficient (Wildman–Crippen LogP) is 1.84. The highest BCUT2D eigenvalue weighted by Gasteiger charge is 2.38. The van der Waals surface area contributed by atoms with Crippen molar-refractivity contribution < 1.29 is 9.32 Å². The van der Waals surface area contributed by atoms with Crippen molar-refractivity contribution in [3.8, 4) is 0 Å². The summed E-state index contributed by atoms with van der Waals surface area (Å²) in [6.45, 7) is 11.9. The maximum Gasteiger partial charge on any atom is 0.199 e. The highest BCUT2D eigenvalue weighted by atomic mass is 28.3. The van der Waals surface area contributed by atoms with Gasteiger partial charge in [-0.1, -0.05) is 20.8 Å². The van der Waals surface area contributed by atoms with Gasteiger partial charge >= 0.3 is 0 Å². The molecule has 15 heavy (non-hydrogen) atoms. The van der Waals surface area contributed by atoms with Gasteiger partial charge in [-0.05, 0) is 30.8 Å². The van der Waals surface area contributed by atoms with E-state index in [-0.39, 0.29) is 11.5 Å². The zero-order valence-electron chi connectivity index (χ0n) is 10.5. The van der Waals surface area contributed by atoms with Crippen LogP contribution >= 0.6 is 0 Å². The largest absolute Gasteiger partial charge is 0.346 e. The molecule has 1 fully saturated rings. The molecule has 2 atom stereocenters. The van der Waals surface area contributed by atoms with E-state index in [1.54, 1.807) is 0 Å². The molecular formula is C11H23NO2Si. The van der Waals surface area contributed by atoms with Gasteiger partial charge in [0.2, 0.25) is 0 Å². The molecule has 1 rings (SSSR count). The molecule has 88 valence electrons. The summed E-state index contributed by atoms with van der Waals surface area (Å²) >= 11 is 0. The minimum atomic E-state index is -1.09. The van der Waals surface area contributed by atoms with Crippen LogP contribution in [-0.4, -0.2) is 33.0 Å². The molecule has 0 spiro atoms. The maximum atomic E-state index is 11.0. The van der Waals surface area contributed by atoms with Gasteiger partial charge in [-0.15, -0.1) is 0 Å². The van der Waals surface area contributed by atoms with Gasteiger partial charge in [-0.2, -0.15) is 5.06 Å². The third kappa shape index (κ3) is 3.40. The Morgan fingerprint density at radius 3 is 2.40 bits per heavy atom. The van der Waals surface area contributed by atoms with E-state index in [9.17, 15) is 4.79 Å². The molecule has 2 unspecified atom stereocenters. The molecule has 1 saturated heterocycles. The second kappa shape index (κ2) is 4.76. The summed E-state index contributed by atoms with van der Waals surface area (Å²) in [4.78, 5) is 11.0. The summed E-state index contributed by atoms with van der Waals surface area (Å²) in [6, 6.07) is -0.0240. The van der Waals surface area contributed by atoms with Gasteiger partial charge in [0.05, 0.1) is 6.04 Å². The number of hydroxylamine groups is 2. The molecule has 1 heterocycles. The molecule has 4 heteroatoms. The number of rotatable bonds is 3. The Kier molecular flexibility index (Phi) is 4.09. The number of carbonyl (C=O) groups is 1. The molecule has 1 aliphatic heterocycles. The molecule has 0 amide bonds. The van der Waals surface area contributed by atoms with Crippen molar-refractivity contribution in [2.75, 3.05) is 6.54 Å². The first kappa shape index (κ1) is 12.9. The minimum absolute atomic E-state index is 0.0240. The van der Waals surface area contributed by atoms with Gasteiger partial charge in [0.15, 0.2) is 9.04 Å². The van der Waals surface area contributed by atoms with E-state index in [0.717, 1.165) is 19.3 Å². The average molecular weight is 229 g/mol. The summed E-state index contributed by atoms with van der Waals surface area (Å²) in [5.74, 6) is 0.556. The second-order valence-corrected chi connectivity index (χ2v) is 8.06. The fourth-order valence-corrected chi connectivity index (χ4v) is 2.76. The van der Waals surface area contributed by atoms with Crippen LogP contribution in [0.15, 0.2) is 0 Å². The lowest BCUT2D eigenvalue weighted by Crippen LogP contribution is -2.35. The number of nitrogens with zero attached hydrogens (tertiary/aromatic N) is 1. The van der Waals surface area contributed by atoms with Crippen LogP contribution in [0.25, 0.3) is 0 Å². The second-order valence-electron chi connectivity index (χ2n) is 5.76. The Hall–Kier alpha value is -0.193. The van der Waals surface area contributed by atoms with Crippen molar-refractivity contribution in [1.29, 1.82) is 0 Å². The molecule has 0 saturated carbocycles. The summed E-state index contributed by atoms with van der Waals surface area (Å²) in [6.07, 6.45) is 1.97. The van der Waals surface area contributed by atoms with Crippen LogP contribution in [0.1, 0.15) is 27.2 Å². The molecular weight excluding hydrogens is 206 g/mol. The van der Waals surface area contributed by atoms with Crippen molar-refractivity contribution in [1.82, 2.24) is 5.06 Å². The van der Waals surface area contributed by atoms with Crippen LogP contribution in [0.2, 0.25) is 13.1 Å². The lowest BCUT2D eigenvalue weighted by Gasteiger charge is -2.27. The molecule has 0 aromatic carbocycles. The van der Waals surface area contributed by atoms with Crippen LogP contribution in [0.5, 0.6) is 0 Å². The van der Waals surface area contributed by atoms with Crippen molar-refractivity contribution in [3.63, 3.8) is 0 Å². The van der Waals surface area contributed by atoms with E-state index in [1.807, 2.05) is 5.06 Å². The lowest BCUT2D eigenvalue weighted by molar-refractivity contribution is -0.125. The van der Waals surface area contributed by atoms with E-state index in [0.29, 0.717) is 5.92 Å². The third-order valence-corrected chi connectivity index (χ3v) is 3.72. The molecule has 1 aliphatic rings. The number of aldehydes is 1. The first-order valence-corrected chi connectivity index (χ1v) is 8.51. The number of hydrogen-bond donors (Lipinski definition) is 0. The number of hydrogen-bond acceptors (Lipinski definition) is 3. The minimum Gasteiger partial charge on any atom is -0.346 e. The Morgan fingerprint density at radius 1 is 1.40 bits per heavy atom. The fourth-order valence-electron chi connectivity index (χ4n) is 1.98. The van der Waals surface area contributed by atoms with Crippen LogP contribution in [0, 0.1) is 11.3 Å². The zero-order valence-corrected chi connectivity index (χ0v) is 11.6. The molecule has 3 nitrogen and oxygen atoms in total. The van der Waals surface area contributed by atoms with Crippen molar-refractivity contribution in [2.45, 2.75) is 46.3 Å². The maximum absolute atomic E-state index is 11.0. The van der Waals surface area contributed by atoms with Crippen molar-refractivity contribution >= 4 is 15.3 Å². The SMILES string of the molecule is C[SiH](C)ON1CC(C(C)(C)C)CC1C=O. The third-order valence-electron chi connectivity index (χ3n) is 3.02. The van der Waals surface area contributed by atoms with Gasteiger partial charge in [-0.3, -0.25) is 0 Å². The van der Waals surface area contributed by atoms with E-state index in [4.69, 9.17) is 4.53 Å². The number of carbonyl (C=O) groups excluding carboxylic acids is 1. The van der Waals surface area contributed by atoms with Crippen LogP contribution in [-0.2, 0) is 9.32 Å². The fraction of sp³-hybridized carbons (Fsp3) is 0.909. The van der Waals surface area contributed by atoms with E-state index >= 15 is 0 Å². The first-order valence-electron chi connectivity index (χ1n) is 5.73. The zero-order chi connectivity index (χ0) is 11.6. The molecule has 0 aliphatic carbocycles. The van der Waals surface area contributed by atoms with E-state index < -0.39 is 9.04 Å². The predicted molar refractivity (Wildman–Crippen MR) is 64.1 cm³/mol. The summed E-state index contributed by atoms with van der Waals surface area (Å²) in [7, 11) is -1.09. The van der Waals surface area contributed by atoms with E-state index in [1.165, 1.54) is 0 Å². The topological polar surface area (TPSA) is 29.5 Å². The van der Waals surface area contributed by atoms with Gasteiger partial charge in [0.1, 0.15) is 6.29 Å². The Labute approximate surface area is 94.5 Å². The normalized spacial score (nSPS) is 28.7. The molecule has 0 bridgehead atoms. The smallest absolute Gasteiger partial charge is 0.199 e. The van der Waals surface area contributed by atoms with Crippen molar-refractivity contribution in [2.24, 2.45) is 11.3 Å². The average Bonchev–Trinajstić information content (AvgIpc) is 2.45. The van der Waals surface area contributed by atoms with Crippen LogP contribution in [0.3, 0.4) is 0 Å². The van der Waals surface area contributed by atoms with E-state index in [2.05, 4.69) is 33.9 Å². The van der Waals surface area contributed by atoms with Gasteiger partial charge in [0, 0.05) is 6.54 Å². The quantitative estimate of drug-likeness (QED) is 0.546. The van der Waals surface area contributed by atoms with Gasteiger partial charge in [-0.25, -0.2) is 0 Å². The Balaban J connectivity index is 2.63. The van der Waals surface area contributed by atoms with Crippen LogP contribution in [0.4, 0.5) is 0 Å². The summed E-state index contributed by atoms with van der Waals surface area (Å²) in [5, 5.41) is 1.92.